The van der Waals surface area contributed by atoms with Crippen molar-refractivity contribution in [3.63, 3.8) is 0 Å². The summed E-state index contributed by atoms with van der Waals surface area (Å²) in [6.07, 6.45) is -0.522. The van der Waals surface area contributed by atoms with Gasteiger partial charge < -0.3 is 15.1 Å². The summed E-state index contributed by atoms with van der Waals surface area (Å²) < 4.78 is 0. The molecule has 1 saturated heterocycles. The van der Waals surface area contributed by atoms with Gasteiger partial charge in [-0.1, -0.05) is 18.2 Å². The Morgan fingerprint density at radius 2 is 2.00 bits per heavy atom. The minimum atomic E-state index is -0.998. The molecule has 1 heterocycles. The van der Waals surface area contributed by atoms with Crippen LogP contribution in [0.1, 0.15) is 13.3 Å². The van der Waals surface area contributed by atoms with E-state index in [-0.39, 0.29) is 25.4 Å². The number of aliphatic hydroxyl groups excluding tert-OH is 1. The first-order valence-corrected chi connectivity index (χ1v) is 7.03. The smallest absolute Gasteiger partial charge is 0.321 e. The monoisotopic (exact) mass is 292 g/mol. The zero-order valence-electron chi connectivity index (χ0n) is 12.0. The summed E-state index contributed by atoms with van der Waals surface area (Å²) in [6.45, 7) is 2.60. The second-order valence-electron chi connectivity index (χ2n) is 5.15. The number of carbonyl (C=O) groups excluding carboxylic acids is 1. The average molecular weight is 292 g/mol. The lowest BCUT2D eigenvalue weighted by molar-refractivity contribution is -0.142. The lowest BCUT2D eigenvalue weighted by Gasteiger charge is -2.26. The molecule has 6 nitrogen and oxygen atoms in total. The third-order valence-corrected chi connectivity index (χ3v) is 3.69. The molecule has 2 atom stereocenters. The topological polar surface area (TPSA) is 81.1 Å². The molecule has 114 valence electrons. The van der Waals surface area contributed by atoms with E-state index in [1.54, 1.807) is 4.90 Å². The fraction of sp³-hybridized carbons (Fsp3) is 0.467. The van der Waals surface area contributed by atoms with Gasteiger partial charge in [-0.05, 0) is 19.1 Å². The summed E-state index contributed by atoms with van der Waals surface area (Å²) in [5, 5.41) is 18.8. The Balaban J connectivity index is 2.07. The Kier molecular flexibility index (Phi) is 4.93. The average Bonchev–Trinajstić information content (AvgIpc) is 2.82. The van der Waals surface area contributed by atoms with Crippen LogP contribution in [0.5, 0.6) is 0 Å². The molecule has 1 fully saturated rings. The van der Waals surface area contributed by atoms with Crippen molar-refractivity contribution < 1.29 is 19.8 Å². The number of anilines is 1. The van der Waals surface area contributed by atoms with Crippen LogP contribution in [0.3, 0.4) is 0 Å². The molecule has 0 bridgehead atoms. The SMILES string of the molecule is CCN(C(=O)CN1CC(O)CC1C(=O)O)c1ccccc1. The van der Waals surface area contributed by atoms with E-state index in [2.05, 4.69) is 0 Å². The van der Waals surface area contributed by atoms with E-state index in [0.29, 0.717) is 6.54 Å². The number of hydrogen-bond donors (Lipinski definition) is 2. The molecule has 0 aliphatic carbocycles. The third-order valence-electron chi connectivity index (χ3n) is 3.69. The molecule has 1 amide bonds. The van der Waals surface area contributed by atoms with Gasteiger partial charge in [0.05, 0.1) is 12.6 Å². The van der Waals surface area contributed by atoms with E-state index in [9.17, 15) is 14.7 Å². The summed E-state index contributed by atoms with van der Waals surface area (Å²) in [6, 6.07) is 8.47. The largest absolute Gasteiger partial charge is 0.480 e. The minimum absolute atomic E-state index is 0.00321. The molecule has 6 heteroatoms. The molecule has 0 spiro atoms. The molecule has 0 aromatic heterocycles. The lowest BCUT2D eigenvalue weighted by atomic mass is 10.2. The molecule has 0 saturated carbocycles. The first-order chi connectivity index (χ1) is 10.0. The van der Waals surface area contributed by atoms with E-state index in [0.717, 1.165) is 5.69 Å². The van der Waals surface area contributed by atoms with E-state index in [1.807, 2.05) is 37.3 Å². The van der Waals surface area contributed by atoms with Crippen LogP contribution in [-0.4, -0.2) is 58.8 Å². The number of aliphatic hydroxyl groups is 1. The minimum Gasteiger partial charge on any atom is -0.480 e. The number of carbonyl (C=O) groups is 2. The number of benzene rings is 1. The predicted molar refractivity (Wildman–Crippen MR) is 78.1 cm³/mol. The Morgan fingerprint density at radius 3 is 2.57 bits per heavy atom. The maximum atomic E-state index is 12.4. The highest BCUT2D eigenvalue weighted by molar-refractivity contribution is 5.95. The Hall–Kier alpha value is -1.92. The summed E-state index contributed by atoms with van der Waals surface area (Å²) in [5.74, 6) is -1.16. The van der Waals surface area contributed by atoms with Gasteiger partial charge in [0.1, 0.15) is 6.04 Å². The Morgan fingerprint density at radius 1 is 1.33 bits per heavy atom. The van der Waals surface area contributed by atoms with Crippen LogP contribution in [0.25, 0.3) is 0 Å². The highest BCUT2D eigenvalue weighted by Crippen LogP contribution is 2.19. The Bertz CT molecular complexity index is 506. The van der Waals surface area contributed by atoms with Gasteiger partial charge >= 0.3 is 5.97 Å². The van der Waals surface area contributed by atoms with Crippen LogP contribution in [0, 0.1) is 0 Å². The number of carboxylic acid groups (broad SMARTS) is 1. The first kappa shape index (κ1) is 15.5. The lowest BCUT2D eigenvalue weighted by Crippen LogP contribution is -2.44. The van der Waals surface area contributed by atoms with Crippen molar-refractivity contribution in [3.05, 3.63) is 30.3 Å². The van der Waals surface area contributed by atoms with Gasteiger partial charge in [-0.3, -0.25) is 14.5 Å². The number of rotatable bonds is 5. The first-order valence-electron chi connectivity index (χ1n) is 7.03. The summed E-state index contributed by atoms with van der Waals surface area (Å²) >= 11 is 0. The van der Waals surface area contributed by atoms with Gasteiger partial charge in [0, 0.05) is 25.2 Å². The fourth-order valence-electron chi connectivity index (χ4n) is 2.68. The number of amides is 1. The maximum Gasteiger partial charge on any atom is 0.321 e. The number of nitrogens with zero attached hydrogens (tertiary/aromatic N) is 2. The van der Waals surface area contributed by atoms with Crippen molar-refractivity contribution >= 4 is 17.6 Å². The maximum absolute atomic E-state index is 12.4. The van der Waals surface area contributed by atoms with Crippen molar-refractivity contribution in [2.45, 2.75) is 25.5 Å². The number of hydrogen-bond acceptors (Lipinski definition) is 4. The van der Waals surface area contributed by atoms with Crippen LogP contribution in [0.4, 0.5) is 5.69 Å². The van der Waals surface area contributed by atoms with Gasteiger partial charge in [0.2, 0.25) is 5.91 Å². The standard InChI is InChI=1S/C15H20N2O4/c1-2-17(11-6-4-3-5-7-11)14(19)10-16-9-12(18)8-13(16)15(20)21/h3-7,12-13,18H,2,8-10H2,1H3,(H,20,21). The van der Waals surface area contributed by atoms with Crippen LogP contribution >= 0.6 is 0 Å². The van der Waals surface area contributed by atoms with Crippen molar-refractivity contribution in [1.82, 2.24) is 4.90 Å². The number of para-hydroxylation sites is 1. The zero-order valence-corrected chi connectivity index (χ0v) is 12.0. The number of aliphatic carboxylic acids is 1. The quantitative estimate of drug-likeness (QED) is 0.829. The van der Waals surface area contributed by atoms with Gasteiger partial charge in [-0.15, -0.1) is 0 Å². The van der Waals surface area contributed by atoms with Crippen LogP contribution in [0.2, 0.25) is 0 Å². The number of carboxylic acids is 1. The molecule has 1 aliphatic heterocycles. The van der Waals surface area contributed by atoms with E-state index in [1.165, 1.54) is 4.90 Å². The third kappa shape index (κ3) is 3.59. The van der Waals surface area contributed by atoms with Gasteiger partial charge in [-0.2, -0.15) is 0 Å². The van der Waals surface area contributed by atoms with Crippen molar-refractivity contribution in [3.8, 4) is 0 Å². The molecular formula is C15H20N2O4. The molecule has 1 aliphatic rings. The summed E-state index contributed by atoms with van der Waals surface area (Å²) in [7, 11) is 0. The van der Waals surface area contributed by atoms with Crippen molar-refractivity contribution in [2.75, 3.05) is 24.5 Å². The van der Waals surface area contributed by atoms with Gasteiger partial charge in [-0.25, -0.2) is 0 Å². The number of likely N-dealkylation sites (N-methyl/N-ethyl adjacent to an activating group) is 1. The van der Waals surface area contributed by atoms with E-state index >= 15 is 0 Å². The predicted octanol–water partition coefficient (Wildman–Crippen LogP) is 0.559. The molecule has 2 unspecified atom stereocenters. The van der Waals surface area contributed by atoms with Crippen LogP contribution < -0.4 is 4.90 Å². The van der Waals surface area contributed by atoms with Gasteiger partial charge in [0.25, 0.3) is 0 Å². The van der Waals surface area contributed by atoms with E-state index < -0.39 is 18.1 Å². The molecular weight excluding hydrogens is 272 g/mol. The zero-order chi connectivity index (χ0) is 15.4. The molecule has 0 radical (unpaired) electrons. The van der Waals surface area contributed by atoms with Crippen molar-refractivity contribution in [2.24, 2.45) is 0 Å². The molecule has 2 N–H and O–H groups in total. The number of β-amino-alcohol motifs (C(OH)–C–C–N with tert-alkyl or cyclic N) is 1. The Labute approximate surface area is 123 Å². The molecule has 2 rings (SSSR count). The second kappa shape index (κ2) is 6.69. The highest BCUT2D eigenvalue weighted by Gasteiger charge is 2.37. The van der Waals surface area contributed by atoms with Crippen LogP contribution in [-0.2, 0) is 9.59 Å². The second-order valence-corrected chi connectivity index (χ2v) is 5.15. The molecule has 1 aromatic carbocycles. The molecule has 1 aromatic rings. The number of likely N-dealkylation sites (tertiary alicyclic amines) is 1. The van der Waals surface area contributed by atoms with Crippen molar-refractivity contribution in [1.29, 1.82) is 0 Å². The highest BCUT2D eigenvalue weighted by atomic mass is 16.4. The normalized spacial score (nSPS) is 22.2. The summed E-state index contributed by atoms with van der Waals surface area (Å²) in [5.41, 5.74) is 0.789. The fourth-order valence-corrected chi connectivity index (χ4v) is 2.68. The molecule has 21 heavy (non-hydrogen) atoms. The van der Waals surface area contributed by atoms with E-state index in [4.69, 9.17) is 5.11 Å². The summed E-state index contributed by atoms with van der Waals surface area (Å²) in [4.78, 5) is 26.7. The van der Waals surface area contributed by atoms with Crippen LogP contribution in [0.15, 0.2) is 30.3 Å². The van der Waals surface area contributed by atoms with Gasteiger partial charge in [0.15, 0.2) is 0 Å².